The number of anilines is 1. The Morgan fingerprint density at radius 1 is 0.919 bits per heavy atom. The molecule has 0 radical (unpaired) electrons. The Hall–Kier alpha value is -4.31. The summed E-state index contributed by atoms with van der Waals surface area (Å²) in [6.07, 6.45) is 0. The van der Waals surface area contributed by atoms with Crippen LogP contribution in [0.15, 0.2) is 78.0 Å². The zero-order valence-electron chi connectivity index (χ0n) is 20.7. The van der Waals surface area contributed by atoms with E-state index in [2.05, 4.69) is 20.8 Å². The van der Waals surface area contributed by atoms with Gasteiger partial charge in [-0.2, -0.15) is 0 Å². The number of nitrogens with one attached hydrogen (secondary N) is 2. The van der Waals surface area contributed by atoms with E-state index in [1.54, 1.807) is 18.2 Å². The molecule has 0 atom stereocenters. The average Bonchev–Trinajstić information content (AvgIpc) is 3.33. The number of hydrogen-bond acceptors (Lipinski definition) is 7. The van der Waals surface area contributed by atoms with E-state index in [9.17, 15) is 9.59 Å². The first-order chi connectivity index (χ1) is 18.0. The highest BCUT2D eigenvalue weighted by molar-refractivity contribution is 7.99. The van der Waals surface area contributed by atoms with Crippen LogP contribution in [-0.4, -0.2) is 46.6 Å². The molecule has 0 fully saturated rings. The predicted octanol–water partition coefficient (Wildman–Crippen LogP) is 4.25. The van der Waals surface area contributed by atoms with Gasteiger partial charge in [0.15, 0.2) is 22.5 Å². The Morgan fingerprint density at radius 3 is 2.43 bits per heavy atom. The number of carbonyl (C=O) groups excluding carboxylic acids is 2. The van der Waals surface area contributed by atoms with E-state index in [0.29, 0.717) is 28.0 Å². The highest BCUT2D eigenvalue weighted by Gasteiger charge is 2.18. The molecule has 2 N–H and O–H groups in total. The maximum atomic E-state index is 12.8. The highest BCUT2D eigenvalue weighted by atomic mass is 32.2. The predicted molar refractivity (Wildman–Crippen MR) is 143 cm³/mol. The van der Waals surface area contributed by atoms with Gasteiger partial charge in [0.2, 0.25) is 5.91 Å². The summed E-state index contributed by atoms with van der Waals surface area (Å²) in [6, 6.07) is 22.1. The van der Waals surface area contributed by atoms with E-state index in [-0.39, 0.29) is 24.1 Å². The Labute approximate surface area is 219 Å². The van der Waals surface area contributed by atoms with Gasteiger partial charge in [-0.05, 0) is 55.0 Å². The second-order valence-electron chi connectivity index (χ2n) is 8.03. The Balaban J connectivity index is 1.48. The molecule has 190 valence electrons. The number of carbonyl (C=O) groups is 2. The fourth-order valence-corrected chi connectivity index (χ4v) is 4.40. The molecule has 1 heterocycles. The van der Waals surface area contributed by atoms with Gasteiger partial charge in [0, 0.05) is 16.9 Å². The summed E-state index contributed by atoms with van der Waals surface area (Å²) in [6.45, 7) is 2.10. The van der Waals surface area contributed by atoms with Crippen molar-refractivity contribution < 1.29 is 19.1 Å². The molecule has 2 amide bonds. The Kier molecular flexibility index (Phi) is 8.42. The second-order valence-corrected chi connectivity index (χ2v) is 8.97. The maximum absolute atomic E-state index is 12.8. The molecule has 0 aliphatic carbocycles. The van der Waals surface area contributed by atoms with Gasteiger partial charge in [-0.3, -0.25) is 14.2 Å². The lowest BCUT2D eigenvalue weighted by Gasteiger charge is -2.12. The fourth-order valence-electron chi connectivity index (χ4n) is 3.63. The Morgan fingerprint density at radius 2 is 1.70 bits per heavy atom. The zero-order chi connectivity index (χ0) is 26.2. The van der Waals surface area contributed by atoms with Gasteiger partial charge in [0.25, 0.3) is 5.91 Å². The third kappa shape index (κ3) is 6.47. The van der Waals surface area contributed by atoms with Gasteiger partial charge >= 0.3 is 0 Å². The van der Waals surface area contributed by atoms with Crippen LogP contribution in [0.2, 0.25) is 0 Å². The summed E-state index contributed by atoms with van der Waals surface area (Å²) < 4.78 is 12.4. The summed E-state index contributed by atoms with van der Waals surface area (Å²) in [7, 11) is 3.05. The summed E-state index contributed by atoms with van der Waals surface area (Å²) in [5, 5.41) is 14.9. The number of aryl methyl sites for hydroxylation is 1. The van der Waals surface area contributed by atoms with Gasteiger partial charge in [-0.25, -0.2) is 0 Å². The molecule has 4 rings (SSSR count). The van der Waals surface area contributed by atoms with Crippen LogP contribution < -0.4 is 20.1 Å². The molecule has 37 heavy (non-hydrogen) atoms. The number of amides is 2. The van der Waals surface area contributed by atoms with Crippen molar-refractivity contribution in [3.8, 4) is 17.2 Å². The molecule has 0 spiro atoms. The number of ether oxygens (including phenoxy) is 2. The molecule has 0 aliphatic rings. The molecule has 4 aromatic rings. The third-order valence-electron chi connectivity index (χ3n) is 5.40. The van der Waals surface area contributed by atoms with E-state index >= 15 is 0 Å². The minimum Gasteiger partial charge on any atom is -0.493 e. The first-order valence-electron chi connectivity index (χ1n) is 11.5. The number of thioether (sulfide) groups is 1. The van der Waals surface area contributed by atoms with Crippen molar-refractivity contribution in [1.82, 2.24) is 20.1 Å². The number of hydrogen-bond donors (Lipinski definition) is 2. The fraction of sp³-hybridized carbons (Fsp3) is 0.185. The van der Waals surface area contributed by atoms with Gasteiger partial charge in [-0.15, -0.1) is 10.2 Å². The average molecular weight is 518 g/mol. The van der Waals surface area contributed by atoms with Crippen LogP contribution in [0.3, 0.4) is 0 Å². The van der Waals surface area contributed by atoms with E-state index in [4.69, 9.17) is 9.47 Å². The largest absolute Gasteiger partial charge is 0.493 e. The number of benzene rings is 3. The zero-order valence-corrected chi connectivity index (χ0v) is 21.5. The highest BCUT2D eigenvalue weighted by Crippen LogP contribution is 2.27. The maximum Gasteiger partial charge on any atom is 0.251 e. The quantitative estimate of drug-likeness (QED) is 0.303. The van der Waals surface area contributed by atoms with Crippen molar-refractivity contribution >= 4 is 29.3 Å². The lowest BCUT2D eigenvalue weighted by molar-refractivity contribution is -0.113. The second kappa shape index (κ2) is 12.1. The number of aromatic nitrogens is 3. The van der Waals surface area contributed by atoms with E-state index < -0.39 is 0 Å². The van der Waals surface area contributed by atoms with E-state index in [1.165, 1.54) is 26.0 Å². The van der Waals surface area contributed by atoms with Crippen LogP contribution in [0.5, 0.6) is 11.5 Å². The third-order valence-corrected chi connectivity index (χ3v) is 6.33. The number of methoxy groups -OCH3 is 2. The molecule has 0 unspecified atom stereocenters. The number of nitrogens with zero attached hydrogens (tertiary/aromatic N) is 3. The van der Waals surface area contributed by atoms with E-state index in [1.807, 2.05) is 66.1 Å². The van der Waals surface area contributed by atoms with E-state index in [0.717, 1.165) is 16.9 Å². The van der Waals surface area contributed by atoms with Crippen LogP contribution in [0.25, 0.3) is 5.69 Å². The summed E-state index contributed by atoms with van der Waals surface area (Å²) in [5.74, 6) is 1.23. The van der Waals surface area contributed by atoms with Crippen molar-refractivity contribution in [1.29, 1.82) is 0 Å². The minimum absolute atomic E-state index is 0.130. The van der Waals surface area contributed by atoms with Crippen LogP contribution in [-0.2, 0) is 11.3 Å². The monoisotopic (exact) mass is 517 g/mol. The smallest absolute Gasteiger partial charge is 0.251 e. The van der Waals surface area contributed by atoms with Gasteiger partial charge < -0.3 is 20.1 Å². The molecular weight excluding hydrogens is 490 g/mol. The van der Waals surface area contributed by atoms with Crippen molar-refractivity contribution in [3.63, 3.8) is 0 Å². The molecule has 3 aromatic carbocycles. The minimum atomic E-state index is -0.296. The number of rotatable bonds is 10. The van der Waals surface area contributed by atoms with Crippen LogP contribution in [0.1, 0.15) is 21.7 Å². The molecule has 0 bridgehead atoms. The molecule has 1 aromatic heterocycles. The molecule has 9 nitrogen and oxygen atoms in total. The van der Waals surface area contributed by atoms with Crippen LogP contribution in [0, 0.1) is 6.92 Å². The summed E-state index contributed by atoms with van der Waals surface area (Å²) in [5.41, 5.74) is 3.05. The van der Waals surface area contributed by atoms with Crippen molar-refractivity contribution in [2.45, 2.75) is 18.6 Å². The summed E-state index contributed by atoms with van der Waals surface area (Å²) in [4.78, 5) is 25.4. The first-order valence-corrected chi connectivity index (χ1v) is 12.5. The SMILES string of the molecule is COc1ccc(C(=O)NCc2nnc(SCC(=O)Nc3cccc(C)c3)n2-c2ccccc2)cc1OC. The molecule has 0 aliphatic heterocycles. The van der Waals surface area contributed by atoms with Crippen LogP contribution >= 0.6 is 11.8 Å². The molecule has 0 saturated heterocycles. The van der Waals surface area contributed by atoms with Crippen molar-refractivity contribution in [3.05, 3.63) is 89.7 Å². The lowest BCUT2D eigenvalue weighted by Crippen LogP contribution is -2.24. The van der Waals surface area contributed by atoms with Gasteiger partial charge in [0.05, 0.1) is 26.5 Å². The van der Waals surface area contributed by atoms with Crippen molar-refractivity contribution in [2.75, 3.05) is 25.3 Å². The van der Waals surface area contributed by atoms with Gasteiger partial charge in [0.1, 0.15) is 0 Å². The van der Waals surface area contributed by atoms with Crippen molar-refractivity contribution in [2.24, 2.45) is 0 Å². The van der Waals surface area contributed by atoms with Crippen LogP contribution in [0.4, 0.5) is 5.69 Å². The van der Waals surface area contributed by atoms with Gasteiger partial charge in [-0.1, -0.05) is 42.1 Å². The molecular formula is C27H27N5O4S. The standard InChI is InChI=1S/C27H27N5O4S/c1-18-8-7-9-20(14-18)29-25(33)17-37-27-31-30-24(32(27)21-10-5-4-6-11-21)16-28-26(34)19-12-13-22(35-2)23(15-19)36-3/h4-15H,16-17H2,1-3H3,(H,28,34)(H,29,33). The lowest BCUT2D eigenvalue weighted by atomic mass is 10.2. The number of para-hydroxylation sites is 1. The topological polar surface area (TPSA) is 107 Å². The molecule has 0 saturated carbocycles. The first kappa shape index (κ1) is 25.8. The Bertz CT molecular complexity index is 1390. The summed E-state index contributed by atoms with van der Waals surface area (Å²) >= 11 is 1.27. The molecule has 10 heteroatoms. The normalized spacial score (nSPS) is 10.6.